The van der Waals surface area contributed by atoms with Crippen molar-refractivity contribution in [3.05, 3.63) is 108 Å². The predicted octanol–water partition coefficient (Wildman–Crippen LogP) is 5.99. The molecule has 3 N–H and O–H groups in total. The Kier molecular flexibility index (Phi) is 5.74. The van der Waals surface area contributed by atoms with Gasteiger partial charge in [-0.05, 0) is 54.3 Å². The molecule has 0 amide bonds. The first-order chi connectivity index (χ1) is 16.9. The third-order valence-electron chi connectivity index (χ3n) is 5.99. The number of nitrogens with two attached hydrogens (primary N) is 1. The smallest absolute Gasteiger partial charge is 0.181 e. The number of rotatable bonds is 6. The van der Waals surface area contributed by atoms with E-state index >= 15 is 4.39 Å². The molecule has 0 saturated heterocycles. The summed E-state index contributed by atoms with van der Waals surface area (Å²) in [5, 5.41) is 9.89. The summed E-state index contributed by atoms with van der Waals surface area (Å²) < 4.78 is 17.0. The molecule has 3 aromatic carbocycles. The Hall–Kier alpha value is -4.52. The van der Waals surface area contributed by atoms with Gasteiger partial charge >= 0.3 is 0 Å². The molecule has 0 radical (unpaired) electrons. The van der Waals surface area contributed by atoms with Gasteiger partial charge in [0.25, 0.3) is 0 Å². The molecule has 6 nitrogen and oxygen atoms in total. The highest BCUT2D eigenvalue weighted by Crippen LogP contribution is 2.32. The largest absolute Gasteiger partial charge is 0.383 e. The highest BCUT2D eigenvalue weighted by molar-refractivity contribution is 5.93. The van der Waals surface area contributed by atoms with Gasteiger partial charge in [-0.1, -0.05) is 48.6 Å². The SMILES string of the molecule is C=C(C)c1ccc(F)c(C(Nc2ccc3c(N)nccc3c2)c2nc(-c3ccccc3)nn2C)c1. The van der Waals surface area contributed by atoms with Gasteiger partial charge in [0, 0.05) is 35.4 Å². The molecule has 0 fully saturated rings. The topological polar surface area (TPSA) is 81.7 Å². The van der Waals surface area contributed by atoms with Crippen LogP contribution in [0.4, 0.5) is 15.9 Å². The van der Waals surface area contributed by atoms with Crippen molar-refractivity contribution in [3.8, 4) is 11.4 Å². The van der Waals surface area contributed by atoms with Gasteiger partial charge in [-0.2, -0.15) is 5.10 Å². The number of hydrogen-bond acceptors (Lipinski definition) is 5. The number of aryl methyl sites for hydroxylation is 1. The summed E-state index contributed by atoms with van der Waals surface area (Å²) in [6.45, 7) is 5.92. The minimum atomic E-state index is -0.610. The third kappa shape index (κ3) is 4.36. The number of fused-ring (bicyclic) bond motifs is 1. The molecular weight excluding hydrogens is 439 g/mol. The summed E-state index contributed by atoms with van der Waals surface area (Å²) in [7, 11) is 1.82. The number of allylic oxidation sites excluding steroid dienone is 1. The van der Waals surface area contributed by atoms with Crippen LogP contribution in [0.2, 0.25) is 0 Å². The lowest BCUT2D eigenvalue weighted by atomic mass is 9.99. The van der Waals surface area contributed by atoms with Crippen LogP contribution in [0.5, 0.6) is 0 Å². The lowest BCUT2D eigenvalue weighted by Gasteiger charge is -2.21. The molecular formula is C28H25FN6. The first-order valence-electron chi connectivity index (χ1n) is 11.2. The minimum absolute atomic E-state index is 0.342. The summed E-state index contributed by atoms with van der Waals surface area (Å²) in [4.78, 5) is 8.97. The Labute approximate surface area is 203 Å². The van der Waals surface area contributed by atoms with Gasteiger partial charge in [0.15, 0.2) is 11.6 Å². The van der Waals surface area contributed by atoms with Crippen LogP contribution < -0.4 is 11.1 Å². The first-order valence-corrected chi connectivity index (χ1v) is 11.2. The number of benzene rings is 3. The number of anilines is 2. The molecule has 0 bridgehead atoms. The number of pyridine rings is 1. The van der Waals surface area contributed by atoms with Crippen LogP contribution in [0.15, 0.2) is 85.6 Å². The fourth-order valence-electron chi connectivity index (χ4n) is 4.13. The van der Waals surface area contributed by atoms with Gasteiger partial charge in [0.1, 0.15) is 17.7 Å². The first kappa shape index (κ1) is 22.3. The molecule has 5 rings (SSSR count). The maximum atomic E-state index is 15.3. The Balaban J connectivity index is 1.64. The van der Waals surface area contributed by atoms with Gasteiger partial charge < -0.3 is 11.1 Å². The number of nitrogens with one attached hydrogen (secondary N) is 1. The van der Waals surface area contributed by atoms with E-state index in [1.54, 1.807) is 16.9 Å². The monoisotopic (exact) mass is 464 g/mol. The van der Waals surface area contributed by atoms with E-state index in [0.717, 1.165) is 33.2 Å². The summed E-state index contributed by atoms with van der Waals surface area (Å²) in [6.07, 6.45) is 1.67. The fourth-order valence-corrected chi connectivity index (χ4v) is 4.13. The van der Waals surface area contributed by atoms with Crippen molar-refractivity contribution in [3.63, 3.8) is 0 Å². The maximum Gasteiger partial charge on any atom is 0.181 e. The van der Waals surface area contributed by atoms with Crippen molar-refractivity contribution in [2.45, 2.75) is 13.0 Å². The van der Waals surface area contributed by atoms with Crippen molar-refractivity contribution in [1.82, 2.24) is 19.7 Å². The van der Waals surface area contributed by atoms with Gasteiger partial charge in [0.2, 0.25) is 0 Å². The average molecular weight is 465 g/mol. The van der Waals surface area contributed by atoms with Crippen LogP contribution >= 0.6 is 0 Å². The zero-order valence-corrected chi connectivity index (χ0v) is 19.5. The van der Waals surface area contributed by atoms with Crippen molar-refractivity contribution >= 4 is 27.9 Å². The van der Waals surface area contributed by atoms with Crippen LogP contribution in [0.1, 0.15) is 29.9 Å². The molecule has 5 aromatic rings. The quantitative estimate of drug-likeness (QED) is 0.323. The number of nitrogens with zero attached hydrogens (tertiary/aromatic N) is 4. The normalized spacial score (nSPS) is 12.0. The fraction of sp³-hybridized carbons (Fsp3) is 0.107. The lowest BCUT2D eigenvalue weighted by Crippen LogP contribution is -2.19. The molecule has 1 atom stereocenters. The number of hydrogen-bond donors (Lipinski definition) is 2. The van der Waals surface area contributed by atoms with E-state index in [0.29, 0.717) is 23.0 Å². The molecule has 0 aliphatic rings. The van der Waals surface area contributed by atoms with Crippen molar-refractivity contribution in [2.24, 2.45) is 7.05 Å². The van der Waals surface area contributed by atoms with Crippen LogP contribution in [0.25, 0.3) is 27.7 Å². The van der Waals surface area contributed by atoms with Crippen molar-refractivity contribution in [1.29, 1.82) is 0 Å². The van der Waals surface area contributed by atoms with Gasteiger partial charge in [-0.15, -0.1) is 0 Å². The molecule has 0 saturated carbocycles. The molecule has 0 aliphatic heterocycles. The van der Waals surface area contributed by atoms with Crippen LogP contribution in [0.3, 0.4) is 0 Å². The van der Waals surface area contributed by atoms with Gasteiger partial charge in [0.05, 0.1) is 0 Å². The predicted molar refractivity (Wildman–Crippen MR) is 139 cm³/mol. The lowest BCUT2D eigenvalue weighted by molar-refractivity contribution is 0.590. The number of nitrogen functional groups attached to an aromatic ring is 1. The summed E-state index contributed by atoms with van der Waals surface area (Å²) in [6, 6.07) is 21.8. The molecule has 1 unspecified atom stereocenters. The second-order valence-electron chi connectivity index (χ2n) is 8.51. The second kappa shape index (κ2) is 9.02. The molecule has 7 heteroatoms. The van der Waals surface area contributed by atoms with Gasteiger partial charge in [-0.3, -0.25) is 4.68 Å². The van der Waals surface area contributed by atoms with E-state index in [-0.39, 0.29) is 5.82 Å². The van der Waals surface area contributed by atoms with E-state index in [4.69, 9.17) is 10.7 Å². The van der Waals surface area contributed by atoms with Crippen LogP contribution in [-0.2, 0) is 7.05 Å². The summed E-state index contributed by atoms with van der Waals surface area (Å²) >= 11 is 0. The Morgan fingerprint density at radius 3 is 2.63 bits per heavy atom. The zero-order chi connectivity index (χ0) is 24.5. The highest BCUT2D eigenvalue weighted by Gasteiger charge is 2.25. The Bertz CT molecular complexity index is 1540. The molecule has 2 aromatic heterocycles. The number of halogens is 1. The highest BCUT2D eigenvalue weighted by atomic mass is 19.1. The van der Waals surface area contributed by atoms with E-state index in [2.05, 4.69) is 22.0 Å². The second-order valence-corrected chi connectivity index (χ2v) is 8.51. The molecule has 0 spiro atoms. The standard InChI is InChI=1S/C28H25FN6/c1-17(2)19-9-12-24(29)23(16-19)25(28-33-27(34-35(28)3)18-7-5-4-6-8-18)32-21-10-11-22-20(15-21)13-14-31-26(22)30/h4-16,25,32H,1H2,2-3H3,(H2,30,31). The molecule has 0 aliphatic carbocycles. The maximum absolute atomic E-state index is 15.3. The summed E-state index contributed by atoms with van der Waals surface area (Å²) in [5.74, 6) is 1.28. The van der Waals surface area contributed by atoms with E-state index in [1.165, 1.54) is 6.07 Å². The third-order valence-corrected chi connectivity index (χ3v) is 5.99. The van der Waals surface area contributed by atoms with Crippen molar-refractivity contribution in [2.75, 3.05) is 11.1 Å². The van der Waals surface area contributed by atoms with Gasteiger partial charge in [-0.25, -0.2) is 14.4 Å². The van der Waals surface area contributed by atoms with Crippen LogP contribution in [0, 0.1) is 5.82 Å². The van der Waals surface area contributed by atoms with Crippen molar-refractivity contribution < 1.29 is 4.39 Å². The summed E-state index contributed by atoms with van der Waals surface area (Å²) in [5.41, 5.74) is 9.86. The minimum Gasteiger partial charge on any atom is -0.383 e. The molecule has 2 heterocycles. The Morgan fingerprint density at radius 1 is 1.06 bits per heavy atom. The molecule has 174 valence electrons. The van der Waals surface area contributed by atoms with E-state index < -0.39 is 6.04 Å². The molecule has 35 heavy (non-hydrogen) atoms. The van der Waals surface area contributed by atoms with E-state index in [9.17, 15) is 0 Å². The van der Waals surface area contributed by atoms with Crippen LogP contribution in [-0.4, -0.2) is 19.7 Å². The zero-order valence-electron chi connectivity index (χ0n) is 19.5. The number of aromatic nitrogens is 4. The Morgan fingerprint density at radius 2 is 1.86 bits per heavy atom. The van der Waals surface area contributed by atoms with E-state index in [1.807, 2.05) is 74.6 Å². The average Bonchev–Trinajstić information content (AvgIpc) is 3.25.